The third-order valence-electron chi connectivity index (χ3n) is 3.41. The second-order valence-electron chi connectivity index (χ2n) is 4.38. The molecular weight excluding hydrogens is 231 g/mol. The minimum atomic E-state index is 0. The van der Waals surface area contributed by atoms with E-state index in [9.17, 15) is 0 Å². The smallest absolute Gasteiger partial charge is 0.0544 e. The highest BCUT2D eigenvalue weighted by Gasteiger charge is 2.05. The summed E-state index contributed by atoms with van der Waals surface area (Å²) in [6, 6.07) is 21.4. The molecule has 2 nitrogen and oxygen atoms in total. The lowest BCUT2D eigenvalue weighted by atomic mass is 10.1. The lowest BCUT2D eigenvalue weighted by molar-refractivity contribution is 1.56. The fraction of sp³-hybridized carbons (Fsp3) is 0. The monoisotopic (exact) mass is 245 g/mol. The summed E-state index contributed by atoms with van der Waals surface area (Å²) in [5.74, 6) is 0. The van der Waals surface area contributed by atoms with Crippen molar-refractivity contribution in [1.29, 1.82) is 0 Å². The molecule has 1 heterocycles. The molecule has 0 aliphatic rings. The van der Waals surface area contributed by atoms with Crippen LogP contribution in [0.4, 0.5) is 0 Å². The van der Waals surface area contributed by atoms with Gasteiger partial charge in [0, 0.05) is 30.1 Å². The Morgan fingerprint density at radius 2 is 1.32 bits per heavy atom. The molecule has 4 rings (SSSR count). The Hall–Kier alpha value is -2.26. The van der Waals surface area contributed by atoms with Gasteiger partial charge in [-0.1, -0.05) is 54.6 Å². The van der Waals surface area contributed by atoms with Crippen molar-refractivity contribution in [1.82, 2.24) is 11.1 Å². The number of aromatic amines is 1. The van der Waals surface area contributed by atoms with E-state index in [-0.39, 0.29) is 14.6 Å². The van der Waals surface area contributed by atoms with Crippen LogP contribution in [-0.4, -0.2) is 13.4 Å². The van der Waals surface area contributed by atoms with Gasteiger partial charge in [-0.05, 0) is 11.5 Å². The SMILES string of the molecule is N.[B].c1ccc2c(c1)ccc1c3ccccc3[nH]c21. The molecule has 0 saturated carbocycles. The second kappa shape index (κ2) is 4.79. The molecule has 3 heteroatoms. The standard InChI is InChI=1S/C16H11N.B.H3N/c1-2-6-12-11(5-1)9-10-14-13-7-3-4-8-15(13)17-16(12)14;;/h1-10,17H;;1H3. The summed E-state index contributed by atoms with van der Waals surface area (Å²) < 4.78 is 0. The largest absolute Gasteiger partial charge is 0.354 e. The highest BCUT2D eigenvalue weighted by Crippen LogP contribution is 2.30. The van der Waals surface area contributed by atoms with Crippen LogP contribution in [-0.2, 0) is 0 Å². The molecule has 19 heavy (non-hydrogen) atoms. The fourth-order valence-electron chi connectivity index (χ4n) is 2.59. The van der Waals surface area contributed by atoms with Crippen LogP contribution in [0.3, 0.4) is 0 Å². The summed E-state index contributed by atoms with van der Waals surface area (Å²) in [4.78, 5) is 3.52. The van der Waals surface area contributed by atoms with E-state index in [1.54, 1.807) is 0 Å². The second-order valence-corrected chi connectivity index (χ2v) is 4.38. The lowest BCUT2D eigenvalue weighted by Gasteiger charge is -1.98. The molecule has 4 aromatic rings. The van der Waals surface area contributed by atoms with Crippen molar-refractivity contribution in [3.8, 4) is 0 Å². The molecule has 0 atom stereocenters. The molecule has 0 fully saturated rings. The summed E-state index contributed by atoms with van der Waals surface area (Å²) in [5, 5.41) is 5.18. The molecule has 0 unspecified atom stereocenters. The molecule has 0 aliphatic carbocycles. The zero-order valence-corrected chi connectivity index (χ0v) is 10.6. The molecule has 1 aromatic heterocycles. The Bertz CT molecular complexity index is 849. The van der Waals surface area contributed by atoms with E-state index < -0.39 is 0 Å². The maximum atomic E-state index is 3.52. The Morgan fingerprint density at radius 3 is 2.16 bits per heavy atom. The summed E-state index contributed by atoms with van der Waals surface area (Å²) in [7, 11) is 0. The lowest BCUT2D eigenvalue weighted by Crippen LogP contribution is -1.74. The number of benzene rings is 3. The average Bonchev–Trinajstić information content (AvgIpc) is 2.78. The average molecular weight is 245 g/mol. The minimum Gasteiger partial charge on any atom is -0.354 e. The number of H-pyrrole nitrogens is 1. The molecule has 91 valence electrons. The highest BCUT2D eigenvalue weighted by molar-refractivity contribution is 6.16. The Morgan fingerprint density at radius 1 is 0.632 bits per heavy atom. The van der Waals surface area contributed by atoms with Crippen LogP contribution in [0, 0.1) is 0 Å². The summed E-state index contributed by atoms with van der Waals surface area (Å²) >= 11 is 0. The first-order chi connectivity index (χ1) is 8.43. The van der Waals surface area contributed by atoms with Gasteiger partial charge in [-0.15, -0.1) is 0 Å². The molecule has 0 spiro atoms. The number of nitrogens with one attached hydrogen (secondary N) is 1. The van der Waals surface area contributed by atoms with Crippen LogP contribution >= 0.6 is 0 Å². The van der Waals surface area contributed by atoms with E-state index in [4.69, 9.17) is 0 Å². The maximum absolute atomic E-state index is 3.52. The molecule has 0 aliphatic heterocycles. The molecular formula is C16H14BN2. The van der Waals surface area contributed by atoms with Gasteiger partial charge in [0.15, 0.2) is 0 Å². The number of rotatable bonds is 0. The van der Waals surface area contributed by atoms with E-state index in [2.05, 4.69) is 65.6 Å². The van der Waals surface area contributed by atoms with Crippen molar-refractivity contribution in [2.45, 2.75) is 0 Å². The van der Waals surface area contributed by atoms with Crippen molar-refractivity contribution in [3.63, 3.8) is 0 Å². The first-order valence-electron chi connectivity index (χ1n) is 5.82. The maximum Gasteiger partial charge on any atom is 0.0544 e. The van der Waals surface area contributed by atoms with Gasteiger partial charge in [-0.25, -0.2) is 0 Å². The first kappa shape index (κ1) is 13.2. The summed E-state index contributed by atoms with van der Waals surface area (Å²) in [5.41, 5.74) is 2.45. The molecule has 4 N–H and O–H groups in total. The van der Waals surface area contributed by atoms with Gasteiger partial charge in [0.2, 0.25) is 0 Å². The molecule has 0 amide bonds. The van der Waals surface area contributed by atoms with Crippen molar-refractivity contribution in [3.05, 3.63) is 60.7 Å². The number of hydrogen-bond donors (Lipinski definition) is 2. The molecule has 0 bridgehead atoms. The van der Waals surface area contributed by atoms with Gasteiger partial charge in [0.05, 0.1) is 5.52 Å². The highest BCUT2D eigenvalue weighted by atomic mass is 14.7. The minimum absolute atomic E-state index is 0. The van der Waals surface area contributed by atoms with Crippen LogP contribution in [0.2, 0.25) is 0 Å². The predicted octanol–water partition coefficient (Wildman–Crippen LogP) is 4.26. The topological polar surface area (TPSA) is 50.8 Å². The van der Waals surface area contributed by atoms with Gasteiger partial charge in [-0.2, -0.15) is 0 Å². The quantitative estimate of drug-likeness (QED) is 0.447. The van der Waals surface area contributed by atoms with E-state index >= 15 is 0 Å². The van der Waals surface area contributed by atoms with Crippen LogP contribution in [0.25, 0.3) is 32.6 Å². The van der Waals surface area contributed by atoms with Crippen molar-refractivity contribution >= 4 is 41.0 Å². The fourth-order valence-corrected chi connectivity index (χ4v) is 2.59. The van der Waals surface area contributed by atoms with Gasteiger partial charge in [0.1, 0.15) is 0 Å². The van der Waals surface area contributed by atoms with Crippen molar-refractivity contribution < 1.29 is 0 Å². The zero-order valence-electron chi connectivity index (χ0n) is 10.6. The third-order valence-corrected chi connectivity index (χ3v) is 3.41. The van der Waals surface area contributed by atoms with Crippen LogP contribution < -0.4 is 6.15 Å². The van der Waals surface area contributed by atoms with Crippen LogP contribution in [0.5, 0.6) is 0 Å². The third kappa shape index (κ3) is 1.79. The van der Waals surface area contributed by atoms with E-state index in [1.165, 1.54) is 32.6 Å². The van der Waals surface area contributed by atoms with Crippen LogP contribution in [0.1, 0.15) is 0 Å². The van der Waals surface area contributed by atoms with E-state index in [0.29, 0.717) is 0 Å². The molecule has 3 radical (unpaired) electrons. The van der Waals surface area contributed by atoms with E-state index in [1.807, 2.05) is 0 Å². The number of para-hydroxylation sites is 1. The zero-order chi connectivity index (χ0) is 11.2. The number of fused-ring (bicyclic) bond motifs is 5. The van der Waals surface area contributed by atoms with Gasteiger partial charge in [-0.3, -0.25) is 0 Å². The Labute approximate surface area is 113 Å². The predicted molar refractivity (Wildman–Crippen MR) is 84.1 cm³/mol. The Balaban J connectivity index is 0.000000667. The molecule has 3 aromatic carbocycles. The van der Waals surface area contributed by atoms with Gasteiger partial charge in [0.25, 0.3) is 0 Å². The van der Waals surface area contributed by atoms with Crippen molar-refractivity contribution in [2.24, 2.45) is 0 Å². The Kier molecular flexibility index (Phi) is 3.32. The summed E-state index contributed by atoms with van der Waals surface area (Å²) in [6.07, 6.45) is 0. The van der Waals surface area contributed by atoms with Gasteiger partial charge >= 0.3 is 0 Å². The van der Waals surface area contributed by atoms with Crippen LogP contribution in [0.15, 0.2) is 60.7 Å². The number of hydrogen-bond acceptors (Lipinski definition) is 1. The first-order valence-corrected chi connectivity index (χ1v) is 5.82. The number of aromatic nitrogens is 1. The molecule has 0 saturated heterocycles. The van der Waals surface area contributed by atoms with Crippen molar-refractivity contribution in [2.75, 3.05) is 0 Å². The van der Waals surface area contributed by atoms with E-state index in [0.717, 1.165) is 0 Å². The normalized spacial score (nSPS) is 10.3. The van der Waals surface area contributed by atoms with Gasteiger partial charge < -0.3 is 11.1 Å². The summed E-state index contributed by atoms with van der Waals surface area (Å²) in [6.45, 7) is 0.